The maximum Gasteiger partial charge on any atom is 0.346 e. The molecule has 1 aliphatic heterocycles. The quantitative estimate of drug-likeness (QED) is 0.605. The number of hydrogen-bond donors (Lipinski definition) is 1. The Bertz CT molecular complexity index is 1120. The van der Waals surface area contributed by atoms with Crippen LogP contribution in [0.25, 0.3) is 0 Å². The van der Waals surface area contributed by atoms with Crippen molar-refractivity contribution in [3.05, 3.63) is 68.9 Å². The second kappa shape index (κ2) is 7.53. The fourth-order valence-corrected chi connectivity index (χ4v) is 8.96. The second-order valence-electron chi connectivity index (χ2n) is 9.34. The smallest absolute Gasteiger partial charge is 0.346 e. The van der Waals surface area contributed by atoms with E-state index in [0.717, 1.165) is 11.1 Å². The molecule has 6 heteroatoms. The topological polar surface area (TPSA) is 43.8 Å². The number of hydrogen-bond acceptors (Lipinski definition) is 4. The van der Waals surface area contributed by atoms with Crippen LogP contribution in [0.4, 0.5) is 11.4 Å². The molecule has 0 bridgehead atoms. The third-order valence-corrected chi connectivity index (χ3v) is 11.3. The first-order valence-corrected chi connectivity index (χ1v) is 14.4. The highest BCUT2D eigenvalue weighted by molar-refractivity contribution is 7.12. The molecule has 4 nitrogen and oxygen atoms in total. The summed E-state index contributed by atoms with van der Waals surface area (Å²) in [6.07, 6.45) is 0. The fraction of sp³-hybridized carbons (Fsp3) is 0.320. The zero-order valence-electron chi connectivity index (χ0n) is 19.3. The Labute approximate surface area is 189 Å². The maximum atomic E-state index is 11.8. The van der Waals surface area contributed by atoms with E-state index in [1.165, 1.54) is 44.2 Å². The van der Waals surface area contributed by atoms with Gasteiger partial charge in [0.2, 0.25) is 0 Å². The van der Waals surface area contributed by atoms with Gasteiger partial charge in [-0.3, -0.25) is 0 Å². The monoisotopic (exact) mass is 450 g/mol. The highest BCUT2D eigenvalue weighted by Crippen LogP contribution is 2.41. The molecular weight excluding hydrogens is 420 g/mol. The number of carbonyl (C=O) groups is 1. The summed E-state index contributed by atoms with van der Waals surface area (Å²) >= 11 is 1.34. The molecule has 1 N–H and O–H groups in total. The largest absolute Gasteiger partial charge is 0.477 e. The number of benzene rings is 2. The van der Waals surface area contributed by atoms with Crippen LogP contribution in [-0.4, -0.2) is 47.3 Å². The zero-order chi connectivity index (χ0) is 22.7. The van der Waals surface area contributed by atoms with Crippen LogP contribution in [0.2, 0.25) is 13.1 Å². The van der Waals surface area contributed by atoms with Crippen molar-refractivity contribution in [1.82, 2.24) is 0 Å². The minimum atomic E-state index is -1.96. The van der Waals surface area contributed by atoms with Gasteiger partial charge in [0, 0.05) is 45.5 Å². The van der Waals surface area contributed by atoms with Crippen molar-refractivity contribution >= 4 is 47.1 Å². The molecule has 0 saturated heterocycles. The third-order valence-electron chi connectivity index (χ3n) is 6.66. The van der Waals surface area contributed by atoms with Crippen LogP contribution in [0.15, 0.2) is 41.8 Å². The molecule has 1 aromatic heterocycles. The highest BCUT2D eigenvalue weighted by atomic mass is 32.1. The lowest BCUT2D eigenvalue weighted by Gasteiger charge is -2.39. The summed E-state index contributed by atoms with van der Waals surface area (Å²) in [6, 6.07) is 13.6. The molecule has 0 aliphatic carbocycles. The molecule has 0 amide bonds. The number of aromatic carboxylic acids is 1. The minimum Gasteiger partial charge on any atom is -0.477 e. The van der Waals surface area contributed by atoms with Gasteiger partial charge in [0.05, 0.1) is 0 Å². The van der Waals surface area contributed by atoms with E-state index in [0.29, 0.717) is 4.88 Å². The van der Waals surface area contributed by atoms with E-state index in [1.54, 1.807) is 0 Å². The normalized spacial score (nSPS) is 14.7. The van der Waals surface area contributed by atoms with Crippen molar-refractivity contribution in [3.63, 3.8) is 0 Å². The van der Waals surface area contributed by atoms with E-state index in [4.69, 9.17) is 0 Å². The lowest BCUT2D eigenvalue weighted by Crippen LogP contribution is -2.59. The van der Waals surface area contributed by atoms with Crippen molar-refractivity contribution in [1.29, 1.82) is 0 Å². The summed E-state index contributed by atoms with van der Waals surface area (Å²) < 4.78 is 0. The number of carboxylic acids is 1. The van der Waals surface area contributed by atoms with E-state index < -0.39 is 14.0 Å². The second-order valence-corrected chi connectivity index (χ2v) is 14.5. The molecule has 0 saturated carbocycles. The van der Waals surface area contributed by atoms with Gasteiger partial charge in [-0.2, -0.15) is 0 Å². The van der Waals surface area contributed by atoms with E-state index in [2.05, 4.69) is 92.9 Å². The van der Waals surface area contributed by atoms with E-state index in [1.807, 2.05) is 6.92 Å². The number of anilines is 2. The molecule has 162 valence electrons. The van der Waals surface area contributed by atoms with Crippen LogP contribution in [0.5, 0.6) is 0 Å². The fourth-order valence-electron chi connectivity index (χ4n) is 4.80. The summed E-state index contributed by atoms with van der Waals surface area (Å²) in [5.74, 6) is -0.784. The first kappa shape index (κ1) is 21.7. The number of carboxylic acid groups (broad SMARTS) is 1. The van der Waals surface area contributed by atoms with Gasteiger partial charge >= 0.3 is 5.97 Å². The maximum absolute atomic E-state index is 11.8. The number of nitrogens with zero attached hydrogens (tertiary/aromatic N) is 2. The summed E-state index contributed by atoms with van der Waals surface area (Å²) in [6.45, 7) is 6.82. The Balaban J connectivity index is 2.04. The lowest BCUT2D eigenvalue weighted by molar-refractivity contribution is 0.0701. The lowest BCUT2D eigenvalue weighted by atomic mass is 9.83. The van der Waals surface area contributed by atoms with Gasteiger partial charge < -0.3 is 14.9 Å². The Morgan fingerprint density at radius 1 is 0.903 bits per heavy atom. The average Bonchev–Trinajstić information content (AvgIpc) is 3.09. The summed E-state index contributed by atoms with van der Waals surface area (Å²) in [5.41, 5.74) is 7.06. The number of fused-ring (bicyclic) bond motifs is 2. The van der Waals surface area contributed by atoms with Crippen molar-refractivity contribution < 1.29 is 9.90 Å². The Morgan fingerprint density at radius 2 is 1.39 bits per heavy atom. The standard InChI is InChI=1S/C25H30N2O2SSi/c1-15-20(14-30-24(15)25(28)29)23-18-10-8-16(26(2)3)12-21(18)31(6,7)22-13-17(27(4)5)9-11-19(22)23/h8-14,23H,1-7H3,(H,28,29). The first-order chi connectivity index (χ1) is 14.5. The van der Waals surface area contributed by atoms with Crippen molar-refractivity contribution in [2.24, 2.45) is 0 Å². The van der Waals surface area contributed by atoms with Crippen LogP contribution >= 0.6 is 11.3 Å². The van der Waals surface area contributed by atoms with Crippen LogP contribution in [-0.2, 0) is 0 Å². The molecule has 4 rings (SSSR count). The summed E-state index contributed by atoms with van der Waals surface area (Å²) in [7, 11) is 6.36. The molecule has 2 heterocycles. The van der Waals surface area contributed by atoms with Crippen LogP contribution in [0.3, 0.4) is 0 Å². The van der Waals surface area contributed by atoms with E-state index >= 15 is 0 Å². The number of rotatable bonds is 4. The molecule has 2 aromatic carbocycles. The van der Waals surface area contributed by atoms with Crippen LogP contribution in [0, 0.1) is 6.92 Å². The molecule has 31 heavy (non-hydrogen) atoms. The molecule has 0 radical (unpaired) electrons. The van der Waals surface area contributed by atoms with Crippen molar-refractivity contribution in [2.45, 2.75) is 25.9 Å². The molecule has 0 fully saturated rings. The van der Waals surface area contributed by atoms with Gasteiger partial charge in [-0.1, -0.05) is 25.2 Å². The van der Waals surface area contributed by atoms with Gasteiger partial charge in [-0.15, -0.1) is 11.3 Å². The van der Waals surface area contributed by atoms with Crippen LogP contribution in [0.1, 0.15) is 37.8 Å². The van der Waals surface area contributed by atoms with E-state index in [9.17, 15) is 9.90 Å². The van der Waals surface area contributed by atoms with Crippen LogP contribution < -0.4 is 20.2 Å². The van der Waals surface area contributed by atoms with Crippen molar-refractivity contribution in [3.8, 4) is 0 Å². The number of thiophene rings is 1. The summed E-state index contributed by atoms with van der Waals surface area (Å²) in [4.78, 5) is 16.5. The average molecular weight is 451 g/mol. The minimum absolute atomic E-state index is 0.0577. The zero-order valence-corrected chi connectivity index (χ0v) is 21.1. The summed E-state index contributed by atoms with van der Waals surface area (Å²) in [5, 5.41) is 14.6. The Hall–Kier alpha value is -2.57. The van der Waals surface area contributed by atoms with Gasteiger partial charge in [0.15, 0.2) is 0 Å². The molecule has 0 spiro atoms. The molecular formula is C25H30N2O2SSi. The Kier molecular flexibility index (Phi) is 5.26. The van der Waals surface area contributed by atoms with Crippen molar-refractivity contribution in [2.75, 3.05) is 38.0 Å². The molecule has 1 aliphatic rings. The predicted octanol–water partition coefficient (Wildman–Crippen LogP) is 4.20. The predicted molar refractivity (Wildman–Crippen MR) is 135 cm³/mol. The van der Waals surface area contributed by atoms with Gasteiger partial charge in [-0.25, -0.2) is 4.79 Å². The first-order valence-electron chi connectivity index (χ1n) is 10.5. The molecule has 3 aromatic rings. The van der Waals surface area contributed by atoms with Gasteiger partial charge in [-0.05, 0) is 69.2 Å². The SMILES string of the molecule is Cc1c(C2c3ccc(N(C)C)cc3[Si](C)(C)c3cc(N(C)C)ccc32)csc1C(=O)O. The Morgan fingerprint density at radius 3 is 1.77 bits per heavy atom. The third kappa shape index (κ3) is 3.38. The molecule has 0 unspecified atom stereocenters. The van der Waals surface area contributed by atoms with Gasteiger partial charge in [0.25, 0.3) is 0 Å². The van der Waals surface area contributed by atoms with E-state index in [-0.39, 0.29) is 5.92 Å². The highest BCUT2D eigenvalue weighted by Gasteiger charge is 2.41. The van der Waals surface area contributed by atoms with Gasteiger partial charge in [0.1, 0.15) is 13.0 Å². The molecule has 0 atom stereocenters.